The molecule has 0 fully saturated rings. The molecule has 5 rings (SSSR count). The van der Waals surface area contributed by atoms with Crippen molar-refractivity contribution in [1.82, 2.24) is 10.6 Å². The Morgan fingerprint density at radius 3 is 1.77 bits per heavy atom. The summed E-state index contributed by atoms with van der Waals surface area (Å²) in [5.74, 6) is -15.2. The molecule has 0 saturated carbocycles. The Morgan fingerprint density at radius 2 is 1.21 bits per heavy atom. The molecule has 0 bridgehead atoms. The van der Waals surface area contributed by atoms with Gasteiger partial charge in [-0.15, -0.1) is 0 Å². The first-order valence-electron chi connectivity index (χ1n) is 15.9. The molecule has 3 amide bonds. The van der Waals surface area contributed by atoms with E-state index in [9.17, 15) is 41.1 Å². The lowest BCUT2D eigenvalue weighted by atomic mass is 9.98. The number of hydrogen-bond donors (Lipinski definition) is 3. The summed E-state index contributed by atoms with van der Waals surface area (Å²) < 4.78 is 81.8. The van der Waals surface area contributed by atoms with Gasteiger partial charge in [0.25, 0.3) is 0 Å². The van der Waals surface area contributed by atoms with Crippen LogP contribution in [0.1, 0.15) is 43.4 Å². The zero-order chi connectivity index (χ0) is 37.7. The number of hydrogen-bond acceptors (Lipinski definition) is 7. The van der Waals surface area contributed by atoms with Crippen molar-refractivity contribution in [3.63, 3.8) is 0 Å². The molecule has 15 heteroatoms. The number of carbonyl (C=O) groups excluding carboxylic acids is 4. The summed E-state index contributed by atoms with van der Waals surface area (Å²) in [6, 6.07) is 19.3. The van der Waals surface area contributed by atoms with E-state index in [1.807, 2.05) is 48.5 Å². The average Bonchev–Trinajstić information content (AvgIpc) is 3.46. The molecule has 0 aromatic heterocycles. The maximum absolute atomic E-state index is 13.7. The molecule has 52 heavy (non-hydrogen) atoms. The largest absolute Gasteiger partial charge is 0.514 e. The van der Waals surface area contributed by atoms with E-state index in [0.717, 1.165) is 22.3 Å². The van der Waals surface area contributed by atoms with Crippen LogP contribution in [0.25, 0.3) is 11.1 Å². The fourth-order valence-corrected chi connectivity index (χ4v) is 5.53. The van der Waals surface area contributed by atoms with E-state index in [1.165, 1.54) is 31.2 Å². The van der Waals surface area contributed by atoms with Gasteiger partial charge in [-0.3, -0.25) is 9.59 Å². The van der Waals surface area contributed by atoms with Gasteiger partial charge in [0.05, 0.1) is 0 Å². The third kappa shape index (κ3) is 8.14. The Labute approximate surface area is 294 Å². The second kappa shape index (κ2) is 15.9. The maximum atomic E-state index is 13.7. The molecular formula is C37H32F5N3O7. The Bertz CT molecular complexity index is 1930. The summed E-state index contributed by atoms with van der Waals surface area (Å²) in [5, 5.41) is 7.77. The van der Waals surface area contributed by atoms with Crippen LogP contribution in [-0.2, 0) is 25.7 Å². The van der Waals surface area contributed by atoms with Gasteiger partial charge >= 0.3 is 12.2 Å². The number of alkyl carbamates (subject to hydrolysis) is 1. The number of carbonyl (C=O) groups is 4. The molecule has 0 spiro atoms. The van der Waals surface area contributed by atoms with Crippen LogP contribution in [0.2, 0.25) is 0 Å². The number of fused-ring (bicyclic) bond motifs is 3. The minimum atomic E-state index is -2.41. The van der Waals surface area contributed by atoms with E-state index in [1.54, 1.807) is 13.8 Å². The van der Waals surface area contributed by atoms with Crippen molar-refractivity contribution in [3.8, 4) is 16.9 Å². The van der Waals surface area contributed by atoms with Crippen molar-refractivity contribution in [2.24, 2.45) is 5.92 Å². The van der Waals surface area contributed by atoms with E-state index < -0.39 is 77.6 Å². The number of amides is 3. The van der Waals surface area contributed by atoms with Crippen LogP contribution in [0, 0.1) is 35.0 Å². The molecule has 0 unspecified atom stereocenters. The Balaban J connectivity index is 1.09. The minimum Gasteiger partial charge on any atom is -0.449 e. The molecule has 1 aliphatic rings. The van der Waals surface area contributed by atoms with E-state index in [2.05, 4.69) is 25.4 Å². The zero-order valence-electron chi connectivity index (χ0n) is 27.9. The first kappa shape index (κ1) is 37.3. The maximum Gasteiger partial charge on any atom is 0.514 e. The predicted octanol–water partition coefficient (Wildman–Crippen LogP) is 7.10. The number of anilines is 1. The molecule has 3 N–H and O–H groups in total. The second-order valence-corrected chi connectivity index (χ2v) is 12.1. The van der Waals surface area contributed by atoms with Crippen LogP contribution in [0.4, 0.5) is 37.2 Å². The average molecular weight is 726 g/mol. The normalized spacial score (nSPS) is 13.0. The quantitative estimate of drug-likeness (QED) is 0.0494. The van der Waals surface area contributed by atoms with Crippen LogP contribution in [0.15, 0.2) is 72.8 Å². The van der Waals surface area contributed by atoms with Gasteiger partial charge in [0.15, 0.2) is 0 Å². The van der Waals surface area contributed by atoms with E-state index in [4.69, 9.17) is 4.74 Å². The van der Waals surface area contributed by atoms with E-state index in [0.29, 0.717) is 5.56 Å². The third-order valence-electron chi connectivity index (χ3n) is 8.25. The van der Waals surface area contributed by atoms with Gasteiger partial charge < -0.3 is 30.2 Å². The third-order valence-corrected chi connectivity index (χ3v) is 8.25. The van der Waals surface area contributed by atoms with Gasteiger partial charge in [0.1, 0.15) is 25.3 Å². The molecule has 4 aromatic rings. The lowest BCUT2D eigenvalue weighted by Gasteiger charge is -2.24. The number of benzene rings is 4. The molecule has 1 aliphatic carbocycles. The van der Waals surface area contributed by atoms with Crippen LogP contribution in [0.3, 0.4) is 0 Å². The van der Waals surface area contributed by atoms with Crippen LogP contribution in [-0.4, -0.2) is 42.8 Å². The van der Waals surface area contributed by atoms with Crippen molar-refractivity contribution >= 4 is 29.8 Å². The Kier molecular flexibility index (Phi) is 11.4. The molecule has 0 saturated heterocycles. The van der Waals surface area contributed by atoms with Crippen molar-refractivity contribution in [2.75, 3.05) is 11.9 Å². The fourth-order valence-electron chi connectivity index (χ4n) is 5.53. The summed E-state index contributed by atoms with van der Waals surface area (Å²) in [7, 11) is 0. The molecule has 0 heterocycles. The highest BCUT2D eigenvalue weighted by Crippen LogP contribution is 2.44. The summed E-state index contributed by atoms with van der Waals surface area (Å²) in [6.07, 6.45) is -2.53. The molecule has 2 atom stereocenters. The number of nitrogens with one attached hydrogen (secondary N) is 3. The van der Waals surface area contributed by atoms with Crippen LogP contribution < -0.4 is 20.7 Å². The van der Waals surface area contributed by atoms with Gasteiger partial charge in [0, 0.05) is 11.6 Å². The zero-order valence-corrected chi connectivity index (χ0v) is 27.9. The summed E-state index contributed by atoms with van der Waals surface area (Å²) in [6.45, 7) is 4.42. The first-order valence-corrected chi connectivity index (χ1v) is 15.9. The van der Waals surface area contributed by atoms with Gasteiger partial charge in [0.2, 0.25) is 46.6 Å². The van der Waals surface area contributed by atoms with E-state index in [-0.39, 0.29) is 24.1 Å². The van der Waals surface area contributed by atoms with Gasteiger partial charge in [-0.25, -0.2) is 22.8 Å². The monoisotopic (exact) mass is 725 g/mol. The van der Waals surface area contributed by atoms with E-state index >= 15 is 0 Å². The number of rotatable bonds is 11. The SMILES string of the molecule is CC(C)[C@H](NC(=O)OCC1c2ccccc2-c2ccccc21)C(=O)N[C@@H](C)C(=O)Nc1ccc(COC(=O)Oc2c(F)c(F)c(F)c(F)c2F)cc1. The molecule has 0 aliphatic heterocycles. The lowest BCUT2D eigenvalue weighted by Crippen LogP contribution is -2.53. The van der Waals surface area contributed by atoms with Crippen LogP contribution in [0.5, 0.6) is 5.75 Å². The van der Waals surface area contributed by atoms with Gasteiger partial charge in [-0.1, -0.05) is 74.5 Å². The first-order chi connectivity index (χ1) is 24.8. The Morgan fingerprint density at radius 1 is 0.673 bits per heavy atom. The minimum absolute atomic E-state index is 0.0541. The van der Waals surface area contributed by atoms with Crippen LogP contribution >= 0.6 is 0 Å². The van der Waals surface area contributed by atoms with Crippen molar-refractivity contribution in [1.29, 1.82) is 0 Å². The summed E-state index contributed by atoms with van der Waals surface area (Å²) >= 11 is 0. The molecule has 0 radical (unpaired) electrons. The van der Waals surface area contributed by atoms with Crippen molar-refractivity contribution in [2.45, 2.75) is 45.4 Å². The summed E-state index contributed by atoms with van der Waals surface area (Å²) in [5.41, 5.74) is 4.79. The highest BCUT2D eigenvalue weighted by Gasteiger charge is 2.32. The van der Waals surface area contributed by atoms with Gasteiger partial charge in [-0.05, 0) is 52.8 Å². The highest BCUT2D eigenvalue weighted by molar-refractivity contribution is 5.98. The van der Waals surface area contributed by atoms with Crippen molar-refractivity contribution < 1.29 is 55.3 Å². The Hall–Kier alpha value is -5.99. The fraction of sp³-hybridized carbons (Fsp3) is 0.243. The van der Waals surface area contributed by atoms with Gasteiger partial charge in [-0.2, -0.15) is 8.78 Å². The van der Waals surface area contributed by atoms with Crippen molar-refractivity contribution in [3.05, 3.63) is 119 Å². The summed E-state index contributed by atoms with van der Waals surface area (Å²) in [4.78, 5) is 50.7. The standard InChI is InChI=1S/C37H32F5N3O7/c1-18(2)32(45-36(48)50-17-26-24-10-6-4-8-22(24)23-9-5-7-11-25(23)26)35(47)43-19(3)34(46)44-21-14-12-20(13-15-21)16-51-37(49)52-33-30(41)28(39)27(38)29(40)31(33)42/h4-15,18-19,26,32H,16-17H2,1-3H3,(H,43,47)(H,44,46)(H,45,48)/t19-,32-/m0/s1. The number of halogens is 5. The highest BCUT2D eigenvalue weighted by atomic mass is 19.2. The molecular weight excluding hydrogens is 693 g/mol. The molecule has 272 valence electrons. The molecule has 4 aromatic carbocycles. The number of ether oxygens (including phenoxy) is 3. The lowest BCUT2D eigenvalue weighted by molar-refractivity contribution is -0.128. The predicted molar refractivity (Wildman–Crippen MR) is 177 cm³/mol. The molecule has 10 nitrogen and oxygen atoms in total. The topological polar surface area (TPSA) is 132 Å². The second-order valence-electron chi connectivity index (χ2n) is 12.1. The smallest absolute Gasteiger partial charge is 0.449 e.